The molecule has 1 atom stereocenters. The third kappa shape index (κ3) is 3.64. The van der Waals surface area contributed by atoms with E-state index in [1.165, 1.54) is 10.6 Å². The molecule has 7 nitrogen and oxygen atoms in total. The maximum absolute atomic E-state index is 12.7. The molecule has 0 radical (unpaired) electrons. The molecule has 140 valence electrons. The summed E-state index contributed by atoms with van der Waals surface area (Å²) in [5, 5.41) is 5.84. The van der Waals surface area contributed by atoms with Gasteiger partial charge >= 0.3 is 0 Å². The summed E-state index contributed by atoms with van der Waals surface area (Å²) in [6.07, 6.45) is 3.82. The zero-order valence-electron chi connectivity index (χ0n) is 15.3. The van der Waals surface area contributed by atoms with E-state index in [4.69, 9.17) is 0 Å². The fourth-order valence-electron chi connectivity index (χ4n) is 3.68. The van der Waals surface area contributed by atoms with Crippen LogP contribution in [0.3, 0.4) is 0 Å². The lowest BCUT2D eigenvalue weighted by molar-refractivity contribution is 0.0938. The second-order valence-corrected chi connectivity index (χ2v) is 7.17. The minimum absolute atomic E-state index is 0.209. The van der Waals surface area contributed by atoms with Crippen LogP contribution in [0.4, 0.5) is 0 Å². The third-order valence-electron chi connectivity index (χ3n) is 5.09. The quantitative estimate of drug-likeness (QED) is 0.738. The van der Waals surface area contributed by atoms with Gasteiger partial charge in [0.1, 0.15) is 5.56 Å². The molecule has 27 heavy (non-hydrogen) atoms. The van der Waals surface area contributed by atoms with Gasteiger partial charge in [0.25, 0.3) is 11.5 Å². The molecule has 0 spiro atoms. The number of rotatable bonds is 4. The molecule has 0 saturated carbocycles. The monoisotopic (exact) mass is 365 g/mol. The van der Waals surface area contributed by atoms with Crippen molar-refractivity contribution in [3.63, 3.8) is 0 Å². The molecule has 1 amide bonds. The maximum atomic E-state index is 12.7. The molecule has 2 aromatic heterocycles. The van der Waals surface area contributed by atoms with Gasteiger partial charge in [-0.2, -0.15) is 0 Å². The fraction of sp³-hybridized carbons (Fsp3) is 0.350. The second kappa shape index (κ2) is 7.36. The first-order valence-electron chi connectivity index (χ1n) is 9.25. The summed E-state index contributed by atoms with van der Waals surface area (Å²) >= 11 is 0. The average Bonchev–Trinajstić information content (AvgIpc) is 3.11. The van der Waals surface area contributed by atoms with E-state index in [1.54, 1.807) is 6.20 Å². The van der Waals surface area contributed by atoms with Crippen LogP contribution < -0.4 is 10.9 Å². The highest BCUT2D eigenvalue weighted by Crippen LogP contribution is 2.17. The number of carbonyl (C=O) groups excluding carboxylic acids is 1. The van der Waals surface area contributed by atoms with Gasteiger partial charge in [-0.1, -0.05) is 30.3 Å². The summed E-state index contributed by atoms with van der Waals surface area (Å²) < 4.78 is 1.30. The highest BCUT2D eigenvalue weighted by atomic mass is 16.2. The summed E-state index contributed by atoms with van der Waals surface area (Å²) in [5.74, 6) is 0.243. The Hall–Kier alpha value is -2.93. The van der Waals surface area contributed by atoms with E-state index in [9.17, 15) is 9.59 Å². The molecule has 2 N–H and O–H groups in total. The van der Waals surface area contributed by atoms with Crippen LogP contribution in [-0.2, 0) is 0 Å². The normalized spacial score (nSPS) is 17.9. The van der Waals surface area contributed by atoms with E-state index in [0.29, 0.717) is 29.4 Å². The molecule has 1 fully saturated rings. The molecule has 3 heterocycles. The van der Waals surface area contributed by atoms with Crippen molar-refractivity contribution in [3.8, 4) is 11.3 Å². The summed E-state index contributed by atoms with van der Waals surface area (Å²) in [4.78, 5) is 32.0. The van der Waals surface area contributed by atoms with Gasteiger partial charge in [0.15, 0.2) is 5.65 Å². The largest absolute Gasteiger partial charge is 0.352 e. The fourth-order valence-corrected chi connectivity index (χ4v) is 3.68. The van der Waals surface area contributed by atoms with Crippen LogP contribution in [0.1, 0.15) is 23.2 Å². The molecular weight excluding hydrogens is 342 g/mol. The zero-order chi connectivity index (χ0) is 18.8. The summed E-state index contributed by atoms with van der Waals surface area (Å²) in [6.45, 7) is 2.73. The van der Waals surface area contributed by atoms with Crippen LogP contribution in [0.25, 0.3) is 16.9 Å². The topological polar surface area (TPSA) is 82.5 Å². The minimum atomic E-state index is -0.244. The number of fused-ring (bicyclic) bond motifs is 1. The van der Waals surface area contributed by atoms with Gasteiger partial charge < -0.3 is 10.2 Å². The van der Waals surface area contributed by atoms with E-state index >= 15 is 0 Å². The lowest BCUT2D eigenvalue weighted by Crippen LogP contribution is -2.39. The molecule has 1 aromatic carbocycles. The number of nitrogens with zero attached hydrogens (tertiary/aromatic N) is 3. The van der Waals surface area contributed by atoms with Gasteiger partial charge in [0, 0.05) is 30.9 Å². The number of aromatic amines is 1. The molecule has 1 saturated heterocycles. The minimum Gasteiger partial charge on any atom is -0.352 e. The van der Waals surface area contributed by atoms with E-state index in [1.807, 2.05) is 30.3 Å². The van der Waals surface area contributed by atoms with E-state index in [2.05, 4.69) is 27.3 Å². The van der Waals surface area contributed by atoms with Crippen molar-refractivity contribution in [3.05, 3.63) is 58.5 Å². The summed E-state index contributed by atoms with van der Waals surface area (Å²) in [7, 11) is 2.11. The molecule has 7 heteroatoms. The predicted octanol–water partition coefficient (Wildman–Crippen LogP) is 1.76. The number of hydrogen-bond acceptors (Lipinski definition) is 4. The van der Waals surface area contributed by atoms with Crippen molar-refractivity contribution in [1.82, 2.24) is 24.8 Å². The van der Waals surface area contributed by atoms with Crippen molar-refractivity contribution in [1.29, 1.82) is 0 Å². The number of nitrogens with one attached hydrogen (secondary N) is 2. The molecular formula is C20H23N5O2. The van der Waals surface area contributed by atoms with Gasteiger partial charge in [-0.25, -0.2) is 9.50 Å². The van der Waals surface area contributed by atoms with Crippen LogP contribution in [-0.4, -0.2) is 52.1 Å². The molecule has 1 aliphatic rings. The van der Waals surface area contributed by atoms with Crippen LogP contribution in [0.15, 0.2) is 47.4 Å². The Bertz CT molecular complexity index is 1010. The molecule has 3 aromatic rings. The van der Waals surface area contributed by atoms with E-state index < -0.39 is 0 Å². The number of hydrogen-bond donors (Lipinski definition) is 2. The van der Waals surface area contributed by atoms with Gasteiger partial charge in [-0.05, 0) is 32.4 Å². The first kappa shape index (κ1) is 17.5. The molecule has 4 rings (SSSR count). The van der Waals surface area contributed by atoms with Crippen molar-refractivity contribution < 1.29 is 4.79 Å². The van der Waals surface area contributed by atoms with E-state index in [-0.39, 0.29) is 11.5 Å². The van der Waals surface area contributed by atoms with Gasteiger partial charge in [0.05, 0.1) is 5.69 Å². The first-order valence-corrected chi connectivity index (χ1v) is 9.25. The van der Waals surface area contributed by atoms with Gasteiger partial charge in [-0.3, -0.25) is 14.7 Å². The number of piperidine rings is 1. The smallest absolute Gasteiger partial charge is 0.273 e. The maximum Gasteiger partial charge on any atom is 0.273 e. The number of amides is 1. The van der Waals surface area contributed by atoms with Crippen molar-refractivity contribution in [2.45, 2.75) is 12.8 Å². The average molecular weight is 365 g/mol. The molecule has 1 aliphatic heterocycles. The Morgan fingerprint density at radius 2 is 2.15 bits per heavy atom. The van der Waals surface area contributed by atoms with Crippen LogP contribution >= 0.6 is 0 Å². The number of aromatic nitrogens is 3. The highest BCUT2D eigenvalue weighted by molar-refractivity contribution is 5.99. The lowest BCUT2D eigenvalue weighted by Gasteiger charge is -2.29. The van der Waals surface area contributed by atoms with Gasteiger partial charge in [-0.15, -0.1) is 0 Å². The van der Waals surface area contributed by atoms with Crippen LogP contribution in [0.2, 0.25) is 0 Å². The SMILES string of the molecule is CN1CCCC(CNC(=O)c2c[nH]n3c(=O)cc(-c4ccccc4)nc23)C1. The number of carbonyl (C=O) groups is 1. The Morgan fingerprint density at radius 1 is 1.33 bits per heavy atom. The van der Waals surface area contributed by atoms with E-state index in [0.717, 1.165) is 31.5 Å². The Morgan fingerprint density at radius 3 is 2.93 bits per heavy atom. The van der Waals surface area contributed by atoms with Crippen molar-refractivity contribution in [2.75, 3.05) is 26.7 Å². The third-order valence-corrected chi connectivity index (χ3v) is 5.09. The lowest BCUT2D eigenvalue weighted by atomic mass is 9.98. The molecule has 0 bridgehead atoms. The van der Waals surface area contributed by atoms with Crippen molar-refractivity contribution in [2.24, 2.45) is 5.92 Å². The first-order chi connectivity index (χ1) is 13.1. The second-order valence-electron chi connectivity index (χ2n) is 7.17. The Kier molecular flexibility index (Phi) is 4.77. The summed E-state index contributed by atoms with van der Waals surface area (Å²) in [6, 6.07) is 11.0. The van der Waals surface area contributed by atoms with Crippen molar-refractivity contribution >= 4 is 11.6 Å². The number of H-pyrrole nitrogens is 1. The molecule has 0 aliphatic carbocycles. The standard InChI is InChI=1S/C20H23N5O2/c1-24-9-5-6-14(13-24)11-21-20(27)16-12-22-25-18(26)10-17(23-19(16)25)15-7-3-2-4-8-15/h2-4,7-8,10,12,14,22H,5-6,9,11,13H2,1H3,(H,21,27). The zero-order valence-corrected chi connectivity index (χ0v) is 15.3. The van der Waals surface area contributed by atoms with Crippen LogP contribution in [0.5, 0.6) is 0 Å². The number of benzene rings is 1. The summed E-state index contributed by atoms with van der Waals surface area (Å²) in [5.41, 5.74) is 1.89. The molecule has 1 unspecified atom stereocenters. The van der Waals surface area contributed by atoms with Crippen LogP contribution in [0, 0.1) is 5.92 Å². The predicted molar refractivity (Wildman–Crippen MR) is 104 cm³/mol. The number of likely N-dealkylation sites (tertiary alicyclic amines) is 1. The Labute approximate surface area is 157 Å². The highest BCUT2D eigenvalue weighted by Gasteiger charge is 2.20. The van der Waals surface area contributed by atoms with Gasteiger partial charge in [0.2, 0.25) is 0 Å². The Balaban J connectivity index is 1.59.